The van der Waals surface area contributed by atoms with Gasteiger partial charge in [0.2, 0.25) is 0 Å². The fraction of sp³-hybridized carbons (Fsp3) is 0.642. The molecule has 2 aromatic carbocycles. The Labute approximate surface area is 989 Å². The summed E-state index contributed by atoms with van der Waals surface area (Å²) in [6.07, 6.45) is 76.4. The van der Waals surface area contributed by atoms with Crippen LogP contribution in [0.2, 0.25) is 14.8 Å². The number of unbranched alkanes of at least 4 members (excludes halogenated alkanes) is 40. The van der Waals surface area contributed by atoms with E-state index in [0.717, 1.165) is 76.2 Å². The van der Waals surface area contributed by atoms with Crippen molar-refractivity contribution in [3.63, 3.8) is 0 Å². The second kappa shape index (κ2) is 77.2. The summed E-state index contributed by atoms with van der Waals surface area (Å²) in [6.45, 7) is 24.8. The summed E-state index contributed by atoms with van der Waals surface area (Å²) in [7, 11) is 5.63. The molecule has 10 aromatic heterocycles. The molecule has 0 bridgehead atoms. The van der Waals surface area contributed by atoms with Gasteiger partial charge >= 0.3 is 105 Å². The largest absolute Gasteiger partial charge is 0 e. The van der Waals surface area contributed by atoms with Crippen molar-refractivity contribution in [2.75, 3.05) is 0 Å². The zero-order valence-electron chi connectivity index (χ0n) is 92.8. The number of rotatable bonds is 72. The first-order valence-electron chi connectivity index (χ1n) is 57.8. The van der Waals surface area contributed by atoms with Crippen LogP contribution in [0.15, 0.2) is 80.4 Å². The maximum absolute atomic E-state index is 17.3. The van der Waals surface area contributed by atoms with Gasteiger partial charge in [0.1, 0.15) is 22.1 Å². The summed E-state index contributed by atoms with van der Waals surface area (Å²) in [6, 6.07) is 26.6. The molecule has 0 aliphatic carbocycles. The van der Waals surface area contributed by atoms with Crippen LogP contribution in [0.25, 0.3) is 93.1 Å². The smallest absolute Gasteiger partial charge is 0 e. The fourth-order valence-electron chi connectivity index (χ4n) is 20.9. The van der Waals surface area contributed by atoms with E-state index in [4.69, 9.17) is 8.75 Å². The Morgan fingerprint density at radius 2 is 0.520 bits per heavy atom. The number of hydrogen-bond acceptors (Lipinski definition) is 16. The second-order valence-corrected chi connectivity index (χ2v) is 78.4. The van der Waals surface area contributed by atoms with Gasteiger partial charge in [-0.3, -0.25) is 0 Å². The summed E-state index contributed by atoms with van der Waals surface area (Å²) < 4.78 is 90.1. The van der Waals surface area contributed by atoms with E-state index in [-0.39, 0.29) is 29.7 Å². The molecule has 4 atom stereocenters. The minimum atomic E-state index is -1.83. The second-order valence-electron chi connectivity index (χ2n) is 43.1. The van der Waals surface area contributed by atoms with Crippen molar-refractivity contribution in [3.8, 4) is 71.0 Å². The molecular weight excluding hydrogens is 2400 g/mol. The first-order valence-corrected chi connectivity index (χ1v) is 84.0. The van der Waals surface area contributed by atoms with Gasteiger partial charge in [-0.2, -0.15) is 17.5 Å². The first kappa shape index (κ1) is 134. The molecule has 0 aliphatic rings. The molecule has 0 saturated carbocycles. The number of fused-ring (bicyclic) bond motifs is 2. The van der Waals surface area contributed by atoms with E-state index in [9.17, 15) is 0 Å². The Morgan fingerprint density at radius 3 is 0.807 bits per heavy atom. The van der Waals surface area contributed by atoms with E-state index in [1.54, 1.807) is 25.6 Å². The monoisotopic (exact) mass is 2580 g/mol. The van der Waals surface area contributed by atoms with Crippen molar-refractivity contribution in [1.29, 1.82) is 0 Å². The fourth-order valence-corrected chi connectivity index (χ4v) is 42.7. The summed E-state index contributed by atoms with van der Waals surface area (Å²) in [4.78, 5) is 22.2. The molecule has 4 unspecified atom stereocenters. The van der Waals surface area contributed by atoms with E-state index in [1.165, 1.54) is 484 Å². The summed E-state index contributed by atoms with van der Waals surface area (Å²) in [5.74, 6) is -0.854. The Morgan fingerprint density at radius 1 is 0.280 bits per heavy atom. The molecule has 4 nitrogen and oxygen atoms in total. The average molecular weight is 2580 g/mol. The number of benzene rings is 2. The molecule has 0 N–H and O–H groups in total. The summed E-state index contributed by atoms with van der Waals surface area (Å²) >= 11 is 30.9. The van der Waals surface area contributed by atoms with E-state index >= 15 is 17.6 Å². The molecule has 836 valence electrons. The maximum atomic E-state index is 17.3. The van der Waals surface area contributed by atoms with E-state index in [2.05, 4.69) is 227 Å². The van der Waals surface area contributed by atoms with Gasteiger partial charge < -0.3 is 0 Å². The zero-order valence-corrected chi connectivity index (χ0v) is 112. The SMILES string of the molecule is C.CCCCCCCCCC(CCCCCCC)Cc1cc(-c2c(F)c(F)c(-c3cc(CC(CCCCCCC)CCCCCCCCC)c(-c4ccc(-c5ccc(C)s5)s4)s3)c3nsnc23)sc1C.CCCCCCCCCC(CCCCCCC)Cc1cc(-c2c(F)c(F)c(-c3cc(CC(CCCCCCC)CCCCCCCCC)c(Br)s3)c3nsnc23)sc1Br.Cc1ccc(-c2cc[c]([Sn]([CH3])([CH3])[CH3])s2)s1.S=S=S=S=S=S. The van der Waals surface area contributed by atoms with Gasteiger partial charge in [0.15, 0.2) is 23.3 Å². The van der Waals surface area contributed by atoms with Crippen LogP contribution < -0.4 is 2.89 Å². The molecule has 0 amide bonds. The van der Waals surface area contributed by atoms with Crippen molar-refractivity contribution in [3.05, 3.63) is 141 Å². The van der Waals surface area contributed by atoms with Crippen molar-refractivity contribution >= 4 is 247 Å². The van der Waals surface area contributed by atoms with Gasteiger partial charge in [-0.15, -0.1) is 68.0 Å². The van der Waals surface area contributed by atoms with Crippen molar-refractivity contribution in [2.24, 2.45) is 23.7 Å². The number of halogens is 6. The predicted octanol–water partition coefficient (Wildman–Crippen LogP) is 48.0. The van der Waals surface area contributed by atoms with Crippen molar-refractivity contribution in [2.45, 2.75) is 484 Å². The minimum Gasteiger partial charge on any atom is 0 e. The van der Waals surface area contributed by atoms with Gasteiger partial charge in [-0.05, 0) is 166 Å². The van der Waals surface area contributed by atoms with Crippen LogP contribution in [0.5, 0.6) is 0 Å². The van der Waals surface area contributed by atoms with Crippen molar-refractivity contribution in [1.82, 2.24) is 17.5 Å². The Bertz CT molecular complexity index is 5770. The molecular formula is C123H182Br2F4N4S16Sn. The van der Waals surface area contributed by atoms with Crippen LogP contribution in [-0.2, 0) is 83.6 Å². The Hall–Kier alpha value is -1.52. The Kier molecular flexibility index (Phi) is 68.7. The van der Waals surface area contributed by atoms with E-state index < -0.39 is 41.6 Å². The summed E-state index contributed by atoms with van der Waals surface area (Å²) in [5.41, 5.74) is 7.94. The third-order valence-corrected chi connectivity index (χ3v) is 57.7. The number of aryl methyl sites for hydroxylation is 3. The van der Waals surface area contributed by atoms with Gasteiger partial charge in [0.05, 0.1) is 53.3 Å². The third-order valence-electron chi connectivity index (χ3n) is 29.5. The number of aromatic nitrogens is 4. The third kappa shape index (κ3) is 46.0. The number of hydrogen-bond donors (Lipinski definition) is 0. The molecule has 0 saturated heterocycles. The van der Waals surface area contributed by atoms with Crippen LogP contribution >= 0.6 is 146 Å². The van der Waals surface area contributed by atoms with Gasteiger partial charge in [-0.1, -0.05) is 422 Å². The first-order chi connectivity index (χ1) is 72.5. The molecule has 10 heterocycles. The average Bonchev–Trinajstić information content (AvgIpc) is 1.58. The van der Waals surface area contributed by atoms with E-state index in [1.807, 2.05) is 45.3 Å². The zero-order chi connectivity index (χ0) is 107. The predicted molar refractivity (Wildman–Crippen MR) is 698 cm³/mol. The topological polar surface area (TPSA) is 51.6 Å². The molecule has 12 rings (SSSR count). The summed E-state index contributed by atoms with van der Waals surface area (Å²) in [5, 5.41) is 0. The molecule has 0 radical (unpaired) electrons. The van der Waals surface area contributed by atoms with Crippen LogP contribution in [0, 0.1) is 67.7 Å². The molecule has 0 aliphatic heterocycles. The molecule has 0 spiro atoms. The number of nitrogens with zero attached hydrogens (tertiary/aromatic N) is 4. The maximum Gasteiger partial charge on any atom is 0 e. The number of thiophene rings is 8. The minimum absolute atomic E-state index is 0. The van der Waals surface area contributed by atoms with E-state index in [0.29, 0.717) is 45.7 Å². The standard InChI is InChI=1S/C60H86F2N2S5.C50H76Br2F2N2S3.C9H7S2.CH4.3CH3.S6.Sn/c1-7-11-15-19-21-25-29-32-45(31-27-23-17-13-9-3)39-47-41-52(66-44(47)6)54-56(61)57(62)55(59-58(54)63-69-64-59)53-42-48(60(68-53)51-38-37-50(67-51)49-36-35-43(5)65-49)40-46(33-28-24-18-14-10-4)34-30-26-22-20-16-12-8-2;1-5-9-13-17-19-23-27-31-37(29-25-21-15-11-7-3)33-39-35-41(57-49(39)51)43-45(53)46(54)44(48-47(43)55-59-56-48)42-36-40(50(52)58-42)34-38(30-26-22-16-12-8-4)32-28-24-20-18-14-10-6-2;1-7-4-5-9(11-7)8-3-2-6-10-8;;;;;1-3-5-6-4-2;/h35-38,41-42,45-46H,7-34,39-40H2,1-6H3;35-38H,5-34H2,1-4H3;2-5H,1H3;1H4;3*1H3;;. The molecule has 27 heteroatoms. The quantitative estimate of drug-likeness (QED) is 0.0215. The van der Waals surface area contributed by atoms with Crippen LogP contribution in [0.1, 0.15) is 459 Å². The molecule has 150 heavy (non-hydrogen) atoms. The Balaban J connectivity index is 0.000000305. The molecule has 12 aromatic rings. The van der Waals surface area contributed by atoms with Crippen LogP contribution in [-0.4, -0.2) is 35.9 Å². The normalized spacial score (nSPS) is 12.4. The van der Waals surface area contributed by atoms with Gasteiger partial charge in [-0.25, -0.2) is 17.6 Å². The van der Waals surface area contributed by atoms with Crippen molar-refractivity contribution < 1.29 is 17.6 Å². The van der Waals surface area contributed by atoms with Gasteiger partial charge in [0.25, 0.3) is 0 Å². The van der Waals surface area contributed by atoms with Crippen LogP contribution in [0.3, 0.4) is 0 Å². The molecule has 0 fully saturated rings. The van der Waals surface area contributed by atoms with Crippen LogP contribution in [0.4, 0.5) is 17.6 Å². The van der Waals surface area contributed by atoms with Gasteiger partial charge in [0, 0.05) is 107 Å².